The van der Waals surface area contributed by atoms with Gasteiger partial charge in [0.2, 0.25) is 5.78 Å². The topological polar surface area (TPSA) is 34.9 Å². The maximum Gasteiger partial charge on any atom is 0.207 e. The molecule has 1 heterocycles. The van der Waals surface area contributed by atoms with Crippen LogP contribution in [-0.2, 0) is 7.05 Å². The lowest BCUT2D eigenvalue weighted by Crippen LogP contribution is -2.17. The van der Waals surface area contributed by atoms with Crippen molar-refractivity contribution >= 4 is 39.0 Å². The second-order valence-corrected chi connectivity index (χ2v) is 10.2. The van der Waals surface area contributed by atoms with Gasteiger partial charge in [0.15, 0.2) is 5.82 Å². The van der Waals surface area contributed by atoms with Gasteiger partial charge in [0, 0.05) is 29.5 Å². The number of ketones is 1. The summed E-state index contributed by atoms with van der Waals surface area (Å²) in [7, 11) is 0.239. The number of carbonyl (C=O) groups is 1. The number of aryl methyl sites for hydroxylation is 1. The Kier molecular flexibility index (Phi) is 5.23. The Balaban J connectivity index is 2.05. The lowest BCUT2D eigenvalue weighted by atomic mass is 10.4. The highest BCUT2D eigenvalue weighted by atomic mass is 35.5. The van der Waals surface area contributed by atoms with Crippen molar-refractivity contribution in [1.82, 2.24) is 9.55 Å². The number of Topliss-reactive ketones (excluding diaryl/α,β-unsaturated/α-hetero) is 1. The SMILES string of the molecule is Cn1ccnc1C(=O)CS(C)(c1ccc(Cl)cc1)c1ccc(Cl)cc1. The van der Waals surface area contributed by atoms with E-state index in [2.05, 4.69) is 11.2 Å². The van der Waals surface area contributed by atoms with E-state index >= 15 is 0 Å². The fourth-order valence-corrected chi connectivity index (χ4v) is 5.72. The summed E-state index contributed by atoms with van der Waals surface area (Å²) in [5, 5.41) is 1.36. The molecule has 0 aliphatic rings. The average Bonchev–Trinajstić information content (AvgIpc) is 3.02. The maximum atomic E-state index is 12.9. The van der Waals surface area contributed by atoms with E-state index < -0.39 is 10.0 Å². The van der Waals surface area contributed by atoms with Crippen LogP contribution in [0.5, 0.6) is 0 Å². The lowest BCUT2D eigenvalue weighted by Gasteiger charge is -2.36. The molecule has 0 aliphatic carbocycles. The molecule has 0 fully saturated rings. The molecule has 0 radical (unpaired) electrons. The molecule has 0 atom stereocenters. The van der Waals surface area contributed by atoms with Crippen molar-refractivity contribution in [1.29, 1.82) is 0 Å². The van der Waals surface area contributed by atoms with E-state index in [9.17, 15) is 4.79 Å². The third kappa shape index (κ3) is 3.76. The van der Waals surface area contributed by atoms with Crippen LogP contribution in [0.3, 0.4) is 0 Å². The fourth-order valence-electron chi connectivity index (χ4n) is 2.73. The second-order valence-electron chi connectivity index (χ2n) is 5.92. The summed E-state index contributed by atoms with van der Waals surface area (Å²) in [4.78, 5) is 19.3. The Morgan fingerprint density at radius 3 is 1.88 bits per heavy atom. The summed E-state index contributed by atoms with van der Waals surface area (Å²) in [5.41, 5.74) is 0. The molecule has 0 unspecified atom stereocenters. The van der Waals surface area contributed by atoms with Crippen LogP contribution in [0.15, 0.2) is 70.7 Å². The molecule has 3 nitrogen and oxygen atoms in total. The van der Waals surface area contributed by atoms with Crippen molar-refractivity contribution in [3.63, 3.8) is 0 Å². The summed E-state index contributed by atoms with van der Waals surface area (Å²) in [6.07, 6.45) is 5.56. The van der Waals surface area contributed by atoms with Gasteiger partial charge in [0.25, 0.3) is 0 Å². The first-order valence-electron chi connectivity index (χ1n) is 7.68. The van der Waals surface area contributed by atoms with Crippen molar-refractivity contribution in [2.24, 2.45) is 7.05 Å². The molecule has 0 amide bonds. The van der Waals surface area contributed by atoms with Gasteiger partial charge in [-0.2, -0.15) is 10.0 Å². The molecule has 6 heteroatoms. The standard InChI is InChI=1S/C19H18Cl2N2OS/c1-23-12-11-22-19(23)18(24)13-25(2,16-7-3-14(20)4-8-16)17-9-5-15(21)6-10-17/h3-12H,13H2,1-2H3. The highest BCUT2D eigenvalue weighted by Crippen LogP contribution is 2.59. The van der Waals surface area contributed by atoms with Gasteiger partial charge < -0.3 is 4.57 Å². The average molecular weight is 393 g/mol. The Hall–Kier alpha value is -1.75. The molecule has 3 rings (SSSR count). The minimum atomic E-state index is -1.59. The zero-order valence-electron chi connectivity index (χ0n) is 13.9. The number of rotatable bonds is 5. The molecule has 0 saturated heterocycles. The van der Waals surface area contributed by atoms with Gasteiger partial charge in [-0.05, 0) is 64.6 Å². The number of halogens is 2. The Bertz CT molecular complexity index is 843. The van der Waals surface area contributed by atoms with Gasteiger partial charge in [-0.1, -0.05) is 23.2 Å². The van der Waals surface area contributed by atoms with Gasteiger partial charge in [-0.15, -0.1) is 0 Å². The van der Waals surface area contributed by atoms with Crippen LogP contribution in [0.25, 0.3) is 0 Å². The molecule has 25 heavy (non-hydrogen) atoms. The zero-order chi connectivity index (χ0) is 18.0. The van der Waals surface area contributed by atoms with Crippen molar-refractivity contribution in [3.05, 3.63) is 76.8 Å². The number of hydrogen-bond donors (Lipinski definition) is 0. The van der Waals surface area contributed by atoms with Crippen molar-refractivity contribution in [3.8, 4) is 0 Å². The predicted molar refractivity (Wildman–Crippen MR) is 105 cm³/mol. The molecule has 130 valence electrons. The normalized spacial score (nSPS) is 12.2. The zero-order valence-corrected chi connectivity index (χ0v) is 16.3. The molecule has 2 aromatic carbocycles. The molecule has 0 aliphatic heterocycles. The van der Waals surface area contributed by atoms with Crippen LogP contribution >= 0.6 is 33.2 Å². The Morgan fingerprint density at radius 2 is 1.48 bits per heavy atom. The summed E-state index contributed by atoms with van der Waals surface area (Å²) < 4.78 is 1.76. The van der Waals surface area contributed by atoms with Crippen LogP contribution in [0, 0.1) is 0 Å². The summed E-state index contributed by atoms with van der Waals surface area (Å²) in [5.74, 6) is 0.873. The Labute approximate surface area is 158 Å². The van der Waals surface area contributed by atoms with E-state index in [1.54, 1.807) is 17.0 Å². The monoisotopic (exact) mass is 392 g/mol. The van der Waals surface area contributed by atoms with Crippen molar-refractivity contribution in [2.75, 3.05) is 12.0 Å². The van der Waals surface area contributed by atoms with E-state index in [1.165, 1.54) is 0 Å². The first-order valence-corrected chi connectivity index (χ1v) is 10.6. The molecular formula is C19H18Cl2N2OS. The summed E-state index contributed by atoms with van der Waals surface area (Å²) >= 11 is 12.1. The summed E-state index contributed by atoms with van der Waals surface area (Å²) in [6, 6.07) is 15.4. The molecular weight excluding hydrogens is 375 g/mol. The number of benzene rings is 2. The van der Waals surface area contributed by atoms with Gasteiger partial charge in [-0.3, -0.25) is 4.79 Å². The predicted octanol–water partition coefficient (Wildman–Crippen LogP) is 5.46. The van der Waals surface area contributed by atoms with Crippen LogP contribution in [0.2, 0.25) is 10.0 Å². The third-order valence-corrected chi connectivity index (χ3v) is 8.13. The van der Waals surface area contributed by atoms with Crippen LogP contribution in [0.1, 0.15) is 10.6 Å². The van der Waals surface area contributed by atoms with E-state index in [0.717, 1.165) is 9.79 Å². The number of nitrogens with zero attached hydrogens (tertiary/aromatic N) is 2. The maximum absolute atomic E-state index is 12.9. The van der Waals surface area contributed by atoms with Crippen molar-refractivity contribution in [2.45, 2.75) is 9.79 Å². The number of imidazole rings is 1. The van der Waals surface area contributed by atoms with Crippen LogP contribution in [-0.4, -0.2) is 27.3 Å². The number of aromatic nitrogens is 2. The Morgan fingerprint density at radius 1 is 1.00 bits per heavy atom. The fraction of sp³-hybridized carbons (Fsp3) is 0.158. The second kappa shape index (κ2) is 7.24. The van der Waals surface area contributed by atoms with E-state index in [4.69, 9.17) is 23.2 Å². The first-order chi connectivity index (χ1) is 11.9. The number of carbonyl (C=O) groups excluding carboxylic acids is 1. The summed E-state index contributed by atoms with van der Waals surface area (Å²) in [6.45, 7) is 0. The third-order valence-electron chi connectivity index (χ3n) is 4.16. The van der Waals surface area contributed by atoms with Gasteiger partial charge in [-0.25, -0.2) is 4.98 Å². The molecule has 0 bridgehead atoms. The molecule has 0 spiro atoms. The van der Waals surface area contributed by atoms with E-state index in [0.29, 0.717) is 21.6 Å². The van der Waals surface area contributed by atoms with Crippen LogP contribution < -0.4 is 0 Å². The quantitative estimate of drug-likeness (QED) is 0.540. The van der Waals surface area contributed by atoms with E-state index in [1.807, 2.05) is 55.6 Å². The number of hydrogen-bond acceptors (Lipinski definition) is 2. The van der Waals surface area contributed by atoms with Gasteiger partial charge in [0.1, 0.15) is 0 Å². The lowest BCUT2D eigenvalue weighted by molar-refractivity contribution is 0.100. The molecule has 1 aromatic heterocycles. The molecule has 0 N–H and O–H groups in total. The van der Waals surface area contributed by atoms with E-state index in [-0.39, 0.29) is 5.78 Å². The van der Waals surface area contributed by atoms with Gasteiger partial charge in [0.05, 0.1) is 5.75 Å². The van der Waals surface area contributed by atoms with Crippen LogP contribution in [0.4, 0.5) is 0 Å². The molecule has 0 saturated carbocycles. The largest absolute Gasteiger partial charge is 0.332 e. The van der Waals surface area contributed by atoms with Gasteiger partial charge >= 0.3 is 0 Å². The minimum absolute atomic E-state index is 0.0231. The highest BCUT2D eigenvalue weighted by molar-refractivity contribution is 8.33. The highest BCUT2D eigenvalue weighted by Gasteiger charge is 2.28. The minimum Gasteiger partial charge on any atom is -0.332 e. The molecule has 3 aromatic rings. The first kappa shape index (κ1) is 18.1. The van der Waals surface area contributed by atoms with Crippen molar-refractivity contribution < 1.29 is 4.79 Å². The smallest absolute Gasteiger partial charge is 0.207 e.